The highest BCUT2D eigenvalue weighted by Crippen LogP contribution is 2.23. The fraction of sp³-hybridized carbons (Fsp3) is 0.300. The van der Waals surface area contributed by atoms with Crippen LogP contribution in [0.25, 0.3) is 0 Å². The van der Waals surface area contributed by atoms with Crippen LogP contribution in [0.3, 0.4) is 0 Å². The molecule has 5 heteroatoms. The van der Waals surface area contributed by atoms with Crippen molar-refractivity contribution in [3.8, 4) is 0 Å². The van der Waals surface area contributed by atoms with Gasteiger partial charge in [0.2, 0.25) is 0 Å². The van der Waals surface area contributed by atoms with Gasteiger partial charge in [-0.2, -0.15) is 0 Å². The molecule has 1 atom stereocenters. The van der Waals surface area contributed by atoms with Crippen LogP contribution >= 0.6 is 0 Å². The van der Waals surface area contributed by atoms with E-state index in [2.05, 4.69) is 5.32 Å². The van der Waals surface area contributed by atoms with Crippen LogP contribution in [-0.2, 0) is 0 Å². The first-order chi connectivity index (χ1) is 12.1. The molecule has 1 saturated heterocycles. The highest BCUT2D eigenvalue weighted by molar-refractivity contribution is 6.09. The lowest BCUT2D eigenvalue weighted by Crippen LogP contribution is -2.30. The van der Waals surface area contributed by atoms with Gasteiger partial charge in [-0.15, -0.1) is 0 Å². The van der Waals surface area contributed by atoms with Gasteiger partial charge in [-0.3, -0.25) is 9.59 Å². The first kappa shape index (κ1) is 17.2. The quantitative estimate of drug-likeness (QED) is 0.900. The monoisotopic (exact) mass is 337 g/mol. The molecule has 0 aromatic heterocycles. The average Bonchev–Trinajstić information content (AvgIpc) is 3.11. The van der Waals surface area contributed by atoms with E-state index in [9.17, 15) is 9.59 Å². The maximum absolute atomic E-state index is 12.8. The summed E-state index contributed by atoms with van der Waals surface area (Å²) in [6.45, 7) is 3.92. The minimum absolute atomic E-state index is 0.0592. The number of benzene rings is 2. The molecule has 2 aromatic rings. The van der Waals surface area contributed by atoms with Crippen molar-refractivity contribution in [1.82, 2.24) is 4.90 Å². The van der Waals surface area contributed by atoms with Crippen molar-refractivity contribution in [2.24, 2.45) is 11.7 Å². The second-order valence-corrected chi connectivity index (χ2v) is 6.51. The third-order valence-corrected chi connectivity index (χ3v) is 4.59. The smallest absolute Gasteiger partial charge is 0.255 e. The number of carbonyl (C=O) groups is 2. The zero-order valence-electron chi connectivity index (χ0n) is 14.4. The number of rotatable bonds is 4. The van der Waals surface area contributed by atoms with Crippen LogP contribution in [0, 0.1) is 12.8 Å². The Kier molecular flexibility index (Phi) is 5.14. The number of nitrogens with two attached hydrogens (primary N) is 1. The first-order valence-electron chi connectivity index (χ1n) is 8.55. The summed E-state index contributed by atoms with van der Waals surface area (Å²) in [6, 6.07) is 14.5. The largest absolute Gasteiger partial charge is 0.338 e. The van der Waals surface area contributed by atoms with E-state index in [1.165, 1.54) is 0 Å². The van der Waals surface area contributed by atoms with Crippen LogP contribution in [0.4, 0.5) is 5.69 Å². The van der Waals surface area contributed by atoms with E-state index in [1.807, 2.05) is 42.2 Å². The Hall–Kier alpha value is -2.66. The van der Waals surface area contributed by atoms with Crippen molar-refractivity contribution in [3.63, 3.8) is 0 Å². The molecule has 1 aliphatic rings. The van der Waals surface area contributed by atoms with Gasteiger partial charge in [0.25, 0.3) is 11.8 Å². The normalized spacial score (nSPS) is 16.7. The number of nitrogens with zero attached hydrogens (tertiary/aromatic N) is 1. The van der Waals surface area contributed by atoms with E-state index in [1.54, 1.807) is 18.2 Å². The van der Waals surface area contributed by atoms with Crippen molar-refractivity contribution in [2.75, 3.05) is 25.0 Å². The van der Waals surface area contributed by atoms with E-state index in [4.69, 9.17) is 5.73 Å². The number of amides is 2. The van der Waals surface area contributed by atoms with Crippen LogP contribution in [0.1, 0.15) is 32.7 Å². The molecule has 0 bridgehead atoms. The third kappa shape index (κ3) is 3.88. The Morgan fingerprint density at radius 1 is 1.20 bits per heavy atom. The minimum Gasteiger partial charge on any atom is -0.338 e. The van der Waals surface area contributed by atoms with Crippen LogP contribution in [0.5, 0.6) is 0 Å². The van der Waals surface area contributed by atoms with Crippen molar-refractivity contribution in [1.29, 1.82) is 0 Å². The summed E-state index contributed by atoms with van der Waals surface area (Å²) < 4.78 is 0. The van der Waals surface area contributed by atoms with E-state index in [0.29, 0.717) is 42.4 Å². The maximum Gasteiger partial charge on any atom is 0.255 e. The molecule has 0 spiro atoms. The first-order valence-corrected chi connectivity index (χ1v) is 8.55. The standard InChI is InChI=1S/C20H23N3O2/c1-14-5-4-6-16(11-14)19(24)22-18-8-3-2-7-17(18)20(25)23-10-9-15(12-21)13-23/h2-8,11,15H,9-10,12-13,21H2,1H3,(H,22,24). The van der Waals surface area contributed by atoms with Crippen LogP contribution in [0.15, 0.2) is 48.5 Å². The van der Waals surface area contributed by atoms with E-state index < -0.39 is 0 Å². The number of hydrogen-bond donors (Lipinski definition) is 2. The van der Waals surface area contributed by atoms with Gasteiger partial charge in [0.1, 0.15) is 0 Å². The van der Waals surface area contributed by atoms with Crippen molar-refractivity contribution in [3.05, 3.63) is 65.2 Å². The highest BCUT2D eigenvalue weighted by atomic mass is 16.2. The zero-order chi connectivity index (χ0) is 17.8. The molecule has 3 rings (SSSR count). The van der Waals surface area contributed by atoms with Gasteiger partial charge in [-0.25, -0.2) is 0 Å². The molecule has 1 heterocycles. The molecule has 0 aliphatic carbocycles. The lowest BCUT2D eigenvalue weighted by Gasteiger charge is -2.18. The highest BCUT2D eigenvalue weighted by Gasteiger charge is 2.27. The fourth-order valence-corrected chi connectivity index (χ4v) is 3.14. The summed E-state index contributed by atoms with van der Waals surface area (Å²) in [4.78, 5) is 27.2. The Bertz CT molecular complexity index is 788. The topological polar surface area (TPSA) is 75.4 Å². The van der Waals surface area contributed by atoms with Gasteiger partial charge >= 0.3 is 0 Å². The van der Waals surface area contributed by atoms with Crippen LogP contribution < -0.4 is 11.1 Å². The van der Waals surface area contributed by atoms with E-state index >= 15 is 0 Å². The molecular formula is C20H23N3O2. The third-order valence-electron chi connectivity index (χ3n) is 4.59. The summed E-state index contributed by atoms with van der Waals surface area (Å²) in [5, 5.41) is 2.87. The lowest BCUT2D eigenvalue weighted by atomic mass is 10.1. The van der Waals surface area contributed by atoms with Gasteiger partial charge in [0.05, 0.1) is 11.3 Å². The molecule has 2 amide bonds. The second-order valence-electron chi connectivity index (χ2n) is 6.51. The van der Waals surface area contributed by atoms with Crippen LogP contribution in [-0.4, -0.2) is 36.3 Å². The average molecular weight is 337 g/mol. The van der Waals surface area contributed by atoms with Crippen molar-refractivity contribution >= 4 is 17.5 Å². The number of nitrogens with one attached hydrogen (secondary N) is 1. The number of carbonyl (C=O) groups excluding carboxylic acids is 2. The number of anilines is 1. The maximum atomic E-state index is 12.8. The molecule has 1 unspecified atom stereocenters. The van der Waals surface area contributed by atoms with Crippen LogP contribution in [0.2, 0.25) is 0 Å². The second kappa shape index (κ2) is 7.49. The number of likely N-dealkylation sites (tertiary alicyclic amines) is 1. The van der Waals surface area contributed by atoms with Gasteiger partial charge in [-0.1, -0.05) is 29.8 Å². The van der Waals surface area contributed by atoms with Gasteiger partial charge in [0.15, 0.2) is 0 Å². The Balaban J connectivity index is 1.79. The zero-order valence-corrected chi connectivity index (χ0v) is 14.4. The summed E-state index contributed by atoms with van der Waals surface area (Å²) in [6.07, 6.45) is 0.931. The molecule has 0 radical (unpaired) electrons. The summed E-state index contributed by atoms with van der Waals surface area (Å²) >= 11 is 0. The number of aryl methyl sites for hydroxylation is 1. The number of hydrogen-bond acceptors (Lipinski definition) is 3. The predicted molar refractivity (Wildman–Crippen MR) is 98.6 cm³/mol. The Morgan fingerprint density at radius 3 is 2.72 bits per heavy atom. The molecule has 0 saturated carbocycles. The predicted octanol–water partition coefficient (Wildman–Crippen LogP) is 2.67. The van der Waals surface area contributed by atoms with E-state index in [-0.39, 0.29) is 11.8 Å². The minimum atomic E-state index is -0.217. The summed E-state index contributed by atoms with van der Waals surface area (Å²) in [5.74, 6) is 0.0827. The molecule has 25 heavy (non-hydrogen) atoms. The fourth-order valence-electron chi connectivity index (χ4n) is 3.14. The van der Waals surface area contributed by atoms with Gasteiger partial charge < -0.3 is 16.0 Å². The van der Waals surface area contributed by atoms with Crippen molar-refractivity contribution in [2.45, 2.75) is 13.3 Å². The molecule has 5 nitrogen and oxygen atoms in total. The summed E-state index contributed by atoms with van der Waals surface area (Å²) in [5.41, 5.74) is 8.36. The molecule has 1 fully saturated rings. The van der Waals surface area contributed by atoms with E-state index in [0.717, 1.165) is 12.0 Å². The Morgan fingerprint density at radius 2 is 2.00 bits per heavy atom. The SMILES string of the molecule is Cc1cccc(C(=O)Nc2ccccc2C(=O)N2CCC(CN)C2)c1. The summed E-state index contributed by atoms with van der Waals surface area (Å²) in [7, 11) is 0. The Labute approximate surface area is 147 Å². The van der Waals surface area contributed by atoms with Crippen molar-refractivity contribution < 1.29 is 9.59 Å². The lowest BCUT2D eigenvalue weighted by molar-refractivity contribution is 0.0788. The van der Waals surface area contributed by atoms with Gasteiger partial charge in [-0.05, 0) is 50.1 Å². The number of para-hydroxylation sites is 1. The molecule has 130 valence electrons. The molecule has 3 N–H and O–H groups in total. The molecule has 2 aromatic carbocycles. The molecule has 1 aliphatic heterocycles. The van der Waals surface area contributed by atoms with Gasteiger partial charge in [0, 0.05) is 18.7 Å². The molecular weight excluding hydrogens is 314 g/mol.